The van der Waals surface area contributed by atoms with Crippen LogP contribution in [-0.4, -0.2) is 22.6 Å². The number of hydrogen-bond donors (Lipinski definition) is 0. The van der Waals surface area contributed by atoms with E-state index in [9.17, 15) is 14.0 Å². The molecule has 0 amide bonds. The van der Waals surface area contributed by atoms with Crippen LogP contribution in [0.2, 0.25) is 0 Å². The average molecular weight is 364 g/mol. The van der Waals surface area contributed by atoms with Crippen LogP contribution >= 0.6 is 0 Å². The SMILES string of the molecule is N#CC(c1ccccc1)C1CCCN1c1nc(C(F)F)nc2ccccc12. The van der Waals surface area contributed by atoms with Gasteiger partial charge in [0.25, 0.3) is 6.43 Å². The van der Waals surface area contributed by atoms with Crippen molar-refractivity contribution < 1.29 is 8.78 Å². The number of para-hydroxylation sites is 1. The lowest BCUT2D eigenvalue weighted by molar-refractivity contribution is 0.141. The highest BCUT2D eigenvalue weighted by atomic mass is 19.3. The number of benzene rings is 2. The first-order valence-electron chi connectivity index (χ1n) is 8.95. The second kappa shape index (κ2) is 7.28. The summed E-state index contributed by atoms with van der Waals surface area (Å²) in [6.07, 6.45) is -1.04. The van der Waals surface area contributed by atoms with Crippen LogP contribution in [0.3, 0.4) is 0 Å². The molecule has 1 aliphatic rings. The van der Waals surface area contributed by atoms with Gasteiger partial charge in [-0.25, -0.2) is 18.7 Å². The van der Waals surface area contributed by atoms with Crippen LogP contribution in [0.4, 0.5) is 14.6 Å². The molecular formula is C21H18F2N4. The third-order valence-electron chi connectivity index (χ3n) is 5.05. The Kier molecular flexibility index (Phi) is 4.68. The van der Waals surface area contributed by atoms with Gasteiger partial charge in [-0.3, -0.25) is 0 Å². The Morgan fingerprint density at radius 1 is 1.04 bits per heavy atom. The van der Waals surface area contributed by atoms with Gasteiger partial charge < -0.3 is 4.90 Å². The van der Waals surface area contributed by atoms with Crippen molar-refractivity contribution in [1.29, 1.82) is 5.26 Å². The number of halogens is 2. The molecule has 0 spiro atoms. The van der Waals surface area contributed by atoms with E-state index < -0.39 is 12.2 Å². The number of aromatic nitrogens is 2. The number of rotatable bonds is 4. The molecule has 0 radical (unpaired) electrons. The van der Waals surface area contributed by atoms with E-state index in [2.05, 4.69) is 16.0 Å². The lowest BCUT2D eigenvalue weighted by Crippen LogP contribution is -2.35. The Morgan fingerprint density at radius 2 is 1.78 bits per heavy atom. The topological polar surface area (TPSA) is 52.8 Å². The fourth-order valence-corrected chi connectivity index (χ4v) is 3.84. The monoisotopic (exact) mass is 364 g/mol. The van der Waals surface area contributed by atoms with E-state index in [-0.39, 0.29) is 12.0 Å². The number of anilines is 1. The van der Waals surface area contributed by atoms with Gasteiger partial charge in [-0.2, -0.15) is 5.26 Å². The van der Waals surface area contributed by atoms with Gasteiger partial charge in [-0.05, 0) is 30.5 Å². The number of nitrogens with zero attached hydrogens (tertiary/aromatic N) is 4. The van der Waals surface area contributed by atoms with Crippen LogP contribution < -0.4 is 4.90 Å². The molecule has 0 aliphatic carbocycles. The zero-order chi connectivity index (χ0) is 18.8. The number of alkyl halides is 2. The second-order valence-corrected chi connectivity index (χ2v) is 6.64. The van der Waals surface area contributed by atoms with Crippen molar-refractivity contribution >= 4 is 16.7 Å². The fraction of sp³-hybridized carbons (Fsp3) is 0.286. The van der Waals surface area contributed by atoms with Gasteiger partial charge in [0.15, 0.2) is 5.82 Å². The Bertz CT molecular complexity index is 984. The maximum Gasteiger partial charge on any atom is 0.297 e. The van der Waals surface area contributed by atoms with Gasteiger partial charge in [0.2, 0.25) is 0 Å². The standard InChI is InChI=1S/C21H18F2N4/c22-19(23)20-25-17-10-5-4-9-15(17)21(26-20)27-12-6-11-18(27)16(13-24)14-7-2-1-3-8-14/h1-5,7-10,16,18-19H,6,11-12H2. The van der Waals surface area contributed by atoms with Crippen LogP contribution in [-0.2, 0) is 0 Å². The highest BCUT2D eigenvalue weighted by Crippen LogP contribution is 2.37. The zero-order valence-electron chi connectivity index (χ0n) is 14.6. The summed E-state index contributed by atoms with van der Waals surface area (Å²) < 4.78 is 26.7. The molecule has 2 atom stereocenters. The molecule has 27 heavy (non-hydrogen) atoms. The van der Waals surface area contributed by atoms with Crippen molar-refractivity contribution in [3.05, 3.63) is 66.0 Å². The van der Waals surface area contributed by atoms with Crippen molar-refractivity contribution in [3.63, 3.8) is 0 Å². The van der Waals surface area contributed by atoms with Gasteiger partial charge in [-0.1, -0.05) is 42.5 Å². The lowest BCUT2D eigenvalue weighted by atomic mass is 9.91. The zero-order valence-corrected chi connectivity index (χ0v) is 14.6. The highest BCUT2D eigenvalue weighted by Gasteiger charge is 2.35. The molecule has 4 rings (SSSR count). The van der Waals surface area contributed by atoms with E-state index in [1.54, 1.807) is 12.1 Å². The summed E-state index contributed by atoms with van der Waals surface area (Å²) in [5.41, 5.74) is 1.43. The van der Waals surface area contributed by atoms with Gasteiger partial charge in [0.1, 0.15) is 5.82 Å². The lowest BCUT2D eigenvalue weighted by Gasteiger charge is -2.30. The van der Waals surface area contributed by atoms with E-state index >= 15 is 0 Å². The number of nitriles is 1. The molecule has 136 valence electrons. The predicted molar refractivity (Wildman–Crippen MR) is 99.7 cm³/mol. The summed E-state index contributed by atoms with van der Waals surface area (Å²) in [5, 5.41) is 10.6. The molecule has 0 bridgehead atoms. The molecule has 1 fully saturated rings. The minimum atomic E-state index is -2.74. The van der Waals surface area contributed by atoms with Crippen molar-refractivity contribution in [2.24, 2.45) is 0 Å². The Balaban J connectivity index is 1.81. The molecule has 2 heterocycles. The molecule has 1 aliphatic heterocycles. The molecule has 6 heteroatoms. The number of hydrogen-bond acceptors (Lipinski definition) is 4. The smallest absolute Gasteiger partial charge is 0.297 e. The van der Waals surface area contributed by atoms with E-state index in [0.717, 1.165) is 23.8 Å². The first kappa shape index (κ1) is 17.3. The van der Waals surface area contributed by atoms with Crippen molar-refractivity contribution in [1.82, 2.24) is 9.97 Å². The summed E-state index contributed by atoms with van der Waals surface area (Å²) in [6.45, 7) is 0.680. The van der Waals surface area contributed by atoms with Gasteiger partial charge in [0, 0.05) is 11.9 Å². The average Bonchev–Trinajstić information content (AvgIpc) is 3.17. The predicted octanol–water partition coefficient (Wildman–Crippen LogP) is 4.84. The largest absolute Gasteiger partial charge is 0.351 e. The van der Waals surface area contributed by atoms with Crippen LogP contribution in [0.15, 0.2) is 54.6 Å². The summed E-state index contributed by atoms with van der Waals surface area (Å²) in [6, 6.07) is 19.1. The fourth-order valence-electron chi connectivity index (χ4n) is 3.84. The Morgan fingerprint density at radius 3 is 2.52 bits per heavy atom. The Labute approximate surface area is 156 Å². The van der Waals surface area contributed by atoms with Crippen molar-refractivity contribution in [2.45, 2.75) is 31.2 Å². The molecule has 4 nitrogen and oxygen atoms in total. The van der Waals surface area contributed by atoms with E-state index in [4.69, 9.17) is 0 Å². The minimum absolute atomic E-state index is 0.110. The summed E-state index contributed by atoms with van der Waals surface area (Å²) >= 11 is 0. The van der Waals surface area contributed by atoms with Crippen LogP contribution in [0, 0.1) is 11.3 Å². The maximum atomic E-state index is 13.4. The van der Waals surface area contributed by atoms with Gasteiger partial charge in [0.05, 0.1) is 23.5 Å². The molecule has 0 saturated carbocycles. The van der Waals surface area contributed by atoms with E-state index in [1.807, 2.05) is 47.4 Å². The summed E-state index contributed by atoms with van der Waals surface area (Å²) in [7, 11) is 0. The van der Waals surface area contributed by atoms with E-state index in [0.29, 0.717) is 17.9 Å². The molecule has 3 aromatic rings. The minimum Gasteiger partial charge on any atom is -0.351 e. The normalized spacial score (nSPS) is 18.0. The van der Waals surface area contributed by atoms with E-state index in [1.165, 1.54) is 0 Å². The van der Waals surface area contributed by atoms with Gasteiger partial charge in [-0.15, -0.1) is 0 Å². The maximum absolute atomic E-state index is 13.4. The van der Waals surface area contributed by atoms with Crippen molar-refractivity contribution in [3.8, 4) is 6.07 Å². The summed E-state index contributed by atoms with van der Waals surface area (Å²) in [4.78, 5) is 10.2. The Hall–Kier alpha value is -3.07. The first-order valence-corrected chi connectivity index (χ1v) is 8.95. The first-order chi connectivity index (χ1) is 13.2. The molecule has 0 N–H and O–H groups in total. The highest BCUT2D eigenvalue weighted by molar-refractivity contribution is 5.89. The van der Waals surface area contributed by atoms with Gasteiger partial charge >= 0.3 is 0 Å². The number of fused-ring (bicyclic) bond motifs is 1. The van der Waals surface area contributed by atoms with Crippen molar-refractivity contribution in [2.75, 3.05) is 11.4 Å². The quantitative estimate of drug-likeness (QED) is 0.664. The molecule has 1 aromatic heterocycles. The summed E-state index contributed by atoms with van der Waals surface area (Å²) in [5.74, 6) is -0.324. The van der Waals surface area contributed by atoms with Crippen LogP contribution in [0.25, 0.3) is 10.9 Å². The molecule has 2 aromatic carbocycles. The van der Waals surface area contributed by atoms with Crippen LogP contribution in [0.1, 0.15) is 36.6 Å². The molecule has 2 unspecified atom stereocenters. The van der Waals surface area contributed by atoms with Crippen LogP contribution in [0.5, 0.6) is 0 Å². The molecule has 1 saturated heterocycles. The molecular weight excluding hydrogens is 346 g/mol. The second-order valence-electron chi connectivity index (χ2n) is 6.64. The third kappa shape index (κ3) is 3.21. The third-order valence-corrected chi connectivity index (χ3v) is 5.05.